The third kappa shape index (κ3) is 1.94. The SMILES string of the molecule is Cc1ccc([C@@H](C)c2cnco2)cc1C. The summed E-state index contributed by atoms with van der Waals surface area (Å²) >= 11 is 0. The van der Waals surface area contributed by atoms with Gasteiger partial charge in [0.2, 0.25) is 0 Å². The van der Waals surface area contributed by atoms with Gasteiger partial charge >= 0.3 is 0 Å². The number of rotatable bonds is 2. The molecule has 0 amide bonds. The maximum Gasteiger partial charge on any atom is 0.180 e. The fourth-order valence-electron chi connectivity index (χ4n) is 1.64. The number of aryl methyl sites for hydroxylation is 2. The standard InChI is InChI=1S/C13H15NO/c1-9-4-5-12(6-10(9)2)11(3)13-7-14-8-15-13/h4-8,11H,1-3H3/t11-/m1/s1. The summed E-state index contributed by atoms with van der Waals surface area (Å²) in [4.78, 5) is 3.94. The third-order valence-corrected chi connectivity index (χ3v) is 2.91. The highest BCUT2D eigenvalue weighted by atomic mass is 16.3. The van der Waals surface area contributed by atoms with Crippen LogP contribution in [0.3, 0.4) is 0 Å². The molecular formula is C13H15NO. The molecule has 0 aliphatic carbocycles. The first-order chi connectivity index (χ1) is 7.18. The molecule has 0 radical (unpaired) electrons. The van der Waals surface area contributed by atoms with E-state index in [2.05, 4.69) is 44.0 Å². The first-order valence-corrected chi connectivity index (χ1v) is 5.14. The molecule has 2 rings (SSSR count). The van der Waals surface area contributed by atoms with E-state index in [1.807, 2.05) is 0 Å². The van der Waals surface area contributed by atoms with E-state index in [-0.39, 0.29) is 5.92 Å². The molecule has 2 nitrogen and oxygen atoms in total. The second-order valence-electron chi connectivity index (χ2n) is 3.97. The molecule has 1 aromatic carbocycles. The first kappa shape index (κ1) is 9.97. The smallest absolute Gasteiger partial charge is 0.180 e. The van der Waals surface area contributed by atoms with Crippen LogP contribution in [0.1, 0.15) is 35.3 Å². The van der Waals surface area contributed by atoms with Gasteiger partial charge in [0.05, 0.1) is 6.20 Å². The Labute approximate surface area is 90.0 Å². The fourth-order valence-corrected chi connectivity index (χ4v) is 1.64. The predicted molar refractivity (Wildman–Crippen MR) is 59.9 cm³/mol. The number of aromatic nitrogens is 1. The van der Waals surface area contributed by atoms with Crippen LogP contribution in [0.5, 0.6) is 0 Å². The van der Waals surface area contributed by atoms with Gasteiger partial charge < -0.3 is 4.42 Å². The molecule has 0 unspecified atom stereocenters. The molecule has 2 aromatic rings. The Morgan fingerprint density at radius 1 is 1.20 bits per heavy atom. The molecule has 0 aliphatic heterocycles. The lowest BCUT2D eigenvalue weighted by atomic mass is 9.96. The van der Waals surface area contributed by atoms with Crippen molar-refractivity contribution < 1.29 is 4.42 Å². The Hall–Kier alpha value is -1.57. The molecule has 1 heterocycles. The monoisotopic (exact) mass is 201 g/mol. The van der Waals surface area contributed by atoms with E-state index in [4.69, 9.17) is 4.42 Å². The van der Waals surface area contributed by atoms with Gasteiger partial charge in [0, 0.05) is 5.92 Å². The zero-order chi connectivity index (χ0) is 10.8. The Morgan fingerprint density at radius 2 is 2.00 bits per heavy atom. The zero-order valence-corrected chi connectivity index (χ0v) is 9.32. The third-order valence-electron chi connectivity index (χ3n) is 2.91. The maximum atomic E-state index is 5.31. The Morgan fingerprint density at radius 3 is 2.60 bits per heavy atom. The van der Waals surface area contributed by atoms with Crippen LogP contribution in [0.2, 0.25) is 0 Å². The van der Waals surface area contributed by atoms with E-state index in [0.29, 0.717) is 0 Å². The van der Waals surface area contributed by atoms with Crippen molar-refractivity contribution in [3.05, 3.63) is 53.2 Å². The van der Waals surface area contributed by atoms with E-state index in [1.165, 1.54) is 23.1 Å². The van der Waals surface area contributed by atoms with Crippen LogP contribution in [-0.2, 0) is 0 Å². The van der Waals surface area contributed by atoms with Crippen molar-refractivity contribution >= 4 is 0 Å². The minimum Gasteiger partial charge on any atom is -0.448 e. The molecule has 0 aliphatic rings. The van der Waals surface area contributed by atoms with Crippen LogP contribution >= 0.6 is 0 Å². The molecule has 0 saturated heterocycles. The minimum atomic E-state index is 0.270. The number of hydrogen-bond acceptors (Lipinski definition) is 2. The van der Waals surface area contributed by atoms with Gasteiger partial charge in [0.1, 0.15) is 5.76 Å². The number of hydrogen-bond donors (Lipinski definition) is 0. The summed E-state index contributed by atoms with van der Waals surface area (Å²) in [6, 6.07) is 6.51. The average Bonchev–Trinajstić information content (AvgIpc) is 2.74. The topological polar surface area (TPSA) is 26.0 Å². The summed E-state index contributed by atoms with van der Waals surface area (Å²) < 4.78 is 5.31. The average molecular weight is 201 g/mol. The van der Waals surface area contributed by atoms with Gasteiger partial charge in [-0.1, -0.05) is 25.1 Å². The van der Waals surface area contributed by atoms with E-state index >= 15 is 0 Å². The molecule has 2 heteroatoms. The maximum absolute atomic E-state index is 5.31. The lowest BCUT2D eigenvalue weighted by Gasteiger charge is -2.10. The van der Waals surface area contributed by atoms with Crippen LogP contribution in [0.15, 0.2) is 35.2 Å². The van der Waals surface area contributed by atoms with Crippen molar-refractivity contribution in [2.75, 3.05) is 0 Å². The lowest BCUT2D eigenvalue weighted by molar-refractivity contribution is 0.490. The fraction of sp³-hybridized carbons (Fsp3) is 0.308. The Kier molecular flexibility index (Phi) is 2.58. The summed E-state index contributed by atoms with van der Waals surface area (Å²) in [6.45, 7) is 6.38. The quantitative estimate of drug-likeness (QED) is 0.743. The molecule has 0 saturated carbocycles. The molecule has 0 fully saturated rings. The summed E-state index contributed by atoms with van der Waals surface area (Å²) in [5.74, 6) is 1.19. The van der Waals surface area contributed by atoms with E-state index in [9.17, 15) is 0 Å². The first-order valence-electron chi connectivity index (χ1n) is 5.14. The van der Waals surface area contributed by atoms with Gasteiger partial charge in [0.15, 0.2) is 6.39 Å². The molecular weight excluding hydrogens is 186 g/mol. The minimum absolute atomic E-state index is 0.270. The summed E-state index contributed by atoms with van der Waals surface area (Å²) in [7, 11) is 0. The zero-order valence-electron chi connectivity index (χ0n) is 9.32. The Bertz CT molecular complexity index is 446. The summed E-state index contributed by atoms with van der Waals surface area (Å²) in [6.07, 6.45) is 3.26. The van der Waals surface area contributed by atoms with Crippen molar-refractivity contribution in [3.63, 3.8) is 0 Å². The van der Waals surface area contributed by atoms with Crippen molar-refractivity contribution in [2.24, 2.45) is 0 Å². The highest BCUT2D eigenvalue weighted by molar-refractivity contribution is 5.34. The number of benzene rings is 1. The van der Waals surface area contributed by atoms with Crippen LogP contribution in [0.25, 0.3) is 0 Å². The second-order valence-corrected chi connectivity index (χ2v) is 3.97. The second kappa shape index (κ2) is 3.89. The van der Waals surface area contributed by atoms with Crippen LogP contribution < -0.4 is 0 Å². The molecule has 0 bridgehead atoms. The van der Waals surface area contributed by atoms with E-state index in [1.54, 1.807) is 6.20 Å². The number of nitrogens with zero attached hydrogens (tertiary/aromatic N) is 1. The van der Waals surface area contributed by atoms with Gasteiger partial charge in [-0.25, -0.2) is 4.98 Å². The van der Waals surface area contributed by atoms with Crippen LogP contribution in [-0.4, -0.2) is 4.98 Å². The molecule has 0 spiro atoms. The highest BCUT2D eigenvalue weighted by Crippen LogP contribution is 2.25. The molecule has 78 valence electrons. The molecule has 0 N–H and O–H groups in total. The van der Waals surface area contributed by atoms with Gasteiger partial charge in [-0.15, -0.1) is 0 Å². The van der Waals surface area contributed by atoms with Crippen LogP contribution in [0, 0.1) is 13.8 Å². The van der Waals surface area contributed by atoms with Crippen molar-refractivity contribution in [1.82, 2.24) is 4.98 Å². The van der Waals surface area contributed by atoms with E-state index in [0.717, 1.165) is 5.76 Å². The predicted octanol–water partition coefficient (Wildman–Crippen LogP) is 3.44. The van der Waals surface area contributed by atoms with E-state index < -0.39 is 0 Å². The molecule has 15 heavy (non-hydrogen) atoms. The number of oxazole rings is 1. The van der Waals surface area contributed by atoms with Crippen molar-refractivity contribution in [1.29, 1.82) is 0 Å². The van der Waals surface area contributed by atoms with Crippen LogP contribution in [0.4, 0.5) is 0 Å². The largest absolute Gasteiger partial charge is 0.448 e. The Balaban J connectivity index is 2.34. The summed E-state index contributed by atoms with van der Waals surface area (Å²) in [5.41, 5.74) is 3.91. The normalized spacial score (nSPS) is 12.7. The summed E-state index contributed by atoms with van der Waals surface area (Å²) in [5, 5.41) is 0. The van der Waals surface area contributed by atoms with Gasteiger partial charge in [-0.05, 0) is 30.5 Å². The molecule has 1 aromatic heterocycles. The van der Waals surface area contributed by atoms with Crippen molar-refractivity contribution in [2.45, 2.75) is 26.7 Å². The van der Waals surface area contributed by atoms with Gasteiger partial charge in [0.25, 0.3) is 0 Å². The molecule has 1 atom stereocenters. The van der Waals surface area contributed by atoms with Gasteiger partial charge in [-0.3, -0.25) is 0 Å². The highest BCUT2D eigenvalue weighted by Gasteiger charge is 2.11. The van der Waals surface area contributed by atoms with Gasteiger partial charge in [-0.2, -0.15) is 0 Å². The van der Waals surface area contributed by atoms with Crippen molar-refractivity contribution in [3.8, 4) is 0 Å². The lowest BCUT2D eigenvalue weighted by Crippen LogP contribution is -1.95.